The molecule has 1 aromatic carbocycles. The number of fused-ring (bicyclic) bond motifs is 1. The minimum Gasteiger partial charge on any atom is -0.378 e. The van der Waals surface area contributed by atoms with E-state index in [0.29, 0.717) is 44.5 Å². The van der Waals surface area contributed by atoms with Gasteiger partial charge in [0.25, 0.3) is 5.91 Å². The van der Waals surface area contributed by atoms with Gasteiger partial charge >= 0.3 is 12.4 Å². The molecule has 0 spiro atoms. The average molecular weight is 626 g/mol. The van der Waals surface area contributed by atoms with E-state index in [4.69, 9.17) is 0 Å². The quantitative estimate of drug-likeness (QED) is 0.341. The second-order valence-corrected chi connectivity index (χ2v) is 12.9. The number of aryl methyl sites for hydroxylation is 1. The second-order valence-electron chi connectivity index (χ2n) is 12.9. The lowest BCUT2D eigenvalue weighted by Gasteiger charge is -2.45. The van der Waals surface area contributed by atoms with Crippen molar-refractivity contribution in [1.82, 2.24) is 24.3 Å². The Bertz CT molecular complexity index is 1530. The molecule has 44 heavy (non-hydrogen) atoms. The Balaban J connectivity index is 1.74. The summed E-state index contributed by atoms with van der Waals surface area (Å²) in [6, 6.07) is 3.45. The predicted molar refractivity (Wildman–Crippen MR) is 152 cm³/mol. The largest absolute Gasteiger partial charge is 0.434 e. The number of rotatable bonds is 4. The third kappa shape index (κ3) is 5.80. The zero-order valence-corrected chi connectivity index (χ0v) is 25.2. The van der Waals surface area contributed by atoms with Crippen molar-refractivity contribution in [2.24, 2.45) is 13.0 Å². The minimum absolute atomic E-state index is 0.0546. The van der Waals surface area contributed by atoms with Crippen molar-refractivity contribution in [2.45, 2.75) is 76.4 Å². The number of piperidine rings is 2. The normalized spacial score (nSPS) is 19.4. The van der Waals surface area contributed by atoms with Crippen LogP contribution in [0.15, 0.2) is 30.7 Å². The number of aliphatic hydroxyl groups is 1. The standard InChI is InChI=1S/C31H37F6N5O2/c1-28(2,3)42-14-10-19(11-15-42)29(44,23-17-38-18-40(23)4)20-8-9-22-21(16-20)25(30(32,33)34)24(26(39-22)31(35,36)37)27(43)41-12-6-5-7-13-41/h8-9,16-19,44H,5-7,10-15H2,1-4H3. The van der Waals surface area contributed by atoms with Crippen LogP contribution in [0.3, 0.4) is 0 Å². The number of hydrogen-bond donors (Lipinski definition) is 1. The number of aromatic nitrogens is 3. The molecule has 0 bridgehead atoms. The smallest absolute Gasteiger partial charge is 0.378 e. The summed E-state index contributed by atoms with van der Waals surface area (Å²) in [5.41, 5.74) is -7.18. The van der Waals surface area contributed by atoms with E-state index in [0.717, 1.165) is 23.5 Å². The summed E-state index contributed by atoms with van der Waals surface area (Å²) < 4.78 is 89.1. The molecule has 1 N–H and O–H groups in total. The first-order valence-corrected chi connectivity index (χ1v) is 14.8. The monoisotopic (exact) mass is 625 g/mol. The second kappa shape index (κ2) is 11.3. The Kier molecular flexibility index (Phi) is 8.28. The number of likely N-dealkylation sites (tertiary alicyclic amines) is 2. The molecule has 1 atom stereocenters. The average Bonchev–Trinajstić information content (AvgIpc) is 3.40. The molecular weight excluding hydrogens is 588 g/mol. The maximum absolute atomic E-state index is 14.9. The van der Waals surface area contributed by atoms with Crippen molar-refractivity contribution < 1.29 is 36.2 Å². The summed E-state index contributed by atoms with van der Waals surface area (Å²) in [6.07, 6.45) is -5.03. The molecule has 3 aromatic rings. The Labute approximate surface area is 251 Å². The van der Waals surface area contributed by atoms with Gasteiger partial charge < -0.3 is 14.6 Å². The van der Waals surface area contributed by atoms with Crippen molar-refractivity contribution >= 4 is 16.8 Å². The van der Waals surface area contributed by atoms with Gasteiger partial charge in [0.1, 0.15) is 5.60 Å². The number of imidazole rings is 1. The van der Waals surface area contributed by atoms with Crippen LogP contribution < -0.4 is 0 Å². The van der Waals surface area contributed by atoms with E-state index >= 15 is 0 Å². The van der Waals surface area contributed by atoms with Crippen LogP contribution >= 0.6 is 0 Å². The van der Waals surface area contributed by atoms with Gasteiger partial charge in [0.05, 0.1) is 34.9 Å². The Hall–Kier alpha value is -3.19. The van der Waals surface area contributed by atoms with Gasteiger partial charge in [-0.1, -0.05) is 6.07 Å². The molecule has 0 radical (unpaired) electrons. The number of benzene rings is 1. The van der Waals surface area contributed by atoms with Crippen LogP contribution in [0, 0.1) is 5.92 Å². The number of halogens is 6. The molecule has 2 aliphatic rings. The van der Waals surface area contributed by atoms with E-state index < -0.39 is 57.5 Å². The van der Waals surface area contributed by atoms with Gasteiger partial charge in [0.15, 0.2) is 5.69 Å². The van der Waals surface area contributed by atoms with E-state index in [1.807, 2.05) is 0 Å². The lowest BCUT2D eigenvalue weighted by atomic mass is 9.73. The van der Waals surface area contributed by atoms with Crippen molar-refractivity contribution in [2.75, 3.05) is 26.2 Å². The molecule has 2 aliphatic heterocycles. The highest BCUT2D eigenvalue weighted by atomic mass is 19.4. The Morgan fingerprint density at radius 2 is 1.57 bits per heavy atom. The SMILES string of the molecule is Cn1cncc1C(O)(c1ccc2nc(C(F)(F)F)c(C(=O)N3CCCCC3)c(C(F)(F)F)c2c1)C1CCN(C(C)(C)C)CC1. The summed E-state index contributed by atoms with van der Waals surface area (Å²) in [6.45, 7) is 7.59. The molecule has 2 fully saturated rings. The van der Waals surface area contributed by atoms with Crippen LogP contribution in [0.4, 0.5) is 26.3 Å². The number of pyridine rings is 1. The number of nitrogens with zero attached hydrogens (tertiary/aromatic N) is 5. The molecule has 5 rings (SSSR count). The topological polar surface area (TPSA) is 74.5 Å². The fraction of sp³-hybridized carbons (Fsp3) is 0.581. The lowest BCUT2D eigenvalue weighted by molar-refractivity contribution is -0.145. The maximum atomic E-state index is 14.9. The van der Waals surface area contributed by atoms with E-state index in [1.54, 1.807) is 11.6 Å². The Morgan fingerprint density at radius 3 is 2.09 bits per heavy atom. The molecule has 2 saturated heterocycles. The summed E-state index contributed by atoms with van der Waals surface area (Å²) in [7, 11) is 1.66. The maximum Gasteiger partial charge on any atom is 0.434 e. The number of amides is 1. The van der Waals surface area contributed by atoms with Crippen molar-refractivity contribution in [3.05, 3.63) is 58.8 Å². The predicted octanol–water partition coefficient (Wildman–Crippen LogP) is 6.38. The van der Waals surface area contributed by atoms with Crippen molar-refractivity contribution in [3.8, 4) is 0 Å². The van der Waals surface area contributed by atoms with Crippen molar-refractivity contribution in [3.63, 3.8) is 0 Å². The summed E-state index contributed by atoms with van der Waals surface area (Å²) in [4.78, 5) is 24.5. The molecule has 1 unspecified atom stereocenters. The van der Waals surface area contributed by atoms with Gasteiger partial charge in [-0.3, -0.25) is 9.69 Å². The van der Waals surface area contributed by atoms with Gasteiger partial charge in [-0.15, -0.1) is 0 Å². The molecule has 0 aliphatic carbocycles. The summed E-state index contributed by atoms with van der Waals surface area (Å²) >= 11 is 0. The molecule has 0 saturated carbocycles. The lowest BCUT2D eigenvalue weighted by Crippen LogP contribution is -2.50. The molecule has 13 heteroatoms. The number of carbonyl (C=O) groups excluding carboxylic acids is 1. The summed E-state index contributed by atoms with van der Waals surface area (Å²) in [5.74, 6) is -1.79. The van der Waals surface area contributed by atoms with Crippen LogP contribution in [-0.2, 0) is 25.0 Å². The summed E-state index contributed by atoms with van der Waals surface area (Å²) in [5, 5.41) is 11.9. The van der Waals surface area contributed by atoms with Gasteiger partial charge in [-0.2, -0.15) is 26.3 Å². The molecule has 2 aromatic heterocycles. The van der Waals surface area contributed by atoms with Crippen molar-refractivity contribution in [1.29, 1.82) is 0 Å². The van der Waals surface area contributed by atoms with Gasteiger partial charge in [0, 0.05) is 37.0 Å². The van der Waals surface area contributed by atoms with Crippen LogP contribution in [0.2, 0.25) is 0 Å². The highest BCUT2D eigenvalue weighted by molar-refractivity contribution is 6.02. The van der Waals surface area contributed by atoms with Gasteiger partial charge in [-0.05, 0) is 83.7 Å². The highest BCUT2D eigenvalue weighted by Crippen LogP contribution is 2.47. The first kappa shape index (κ1) is 32.2. The third-order valence-corrected chi connectivity index (χ3v) is 9.08. The van der Waals surface area contributed by atoms with Gasteiger partial charge in [-0.25, -0.2) is 9.97 Å². The molecular formula is C31H37F6N5O2. The molecule has 4 heterocycles. The van der Waals surface area contributed by atoms with Crippen LogP contribution in [0.25, 0.3) is 10.9 Å². The van der Waals surface area contributed by atoms with E-state index in [-0.39, 0.29) is 24.2 Å². The number of carbonyl (C=O) groups is 1. The fourth-order valence-corrected chi connectivity index (χ4v) is 6.75. The zero-order chi connectivity index (χ0) is 32.2. The van der Waals surface area contributed by atoms with Crippen LogP contribution in [0.1, 0.15) is 85.7 Å². The zero-order valence-electron chi connectivity index (χ0n) is 25.2. The van der Waals surface area contributed by atoms with Crippen LogP contribution in [-0.4, -0.2) is 67.1 Å². The van der Waals surface area contributed by atoms with Gasteiger partial charge in [0.2, 0.25) is 0 Å². The number of alkyl halides is 6. The molecule has 240 valence electrons. The highest BCUT2D eigenvalue weighted by Gasteiger charge is 2.49. The van der Waals surface area contributed by atoms with E-state index in [9.17, 15) is 36.2 Å². The molecule has 7 nitrogen and oxygen atoms in total. The first-order chi connectivity index (χ1) is 20.4. The van der Waals surface area contributed by atoms with E-state index in [2.05, 4.69) is 35.6 Å². The van der Waals surface area contributed by atoms with Crippen LogP contribution in [0.5, 0.6) is 0 Å². The molecule has 1 amide bonds. The Morgan fingerprint density at radius 1 is 0.932 bits per heavy atom. The minimum atomic E-state index is -5.33. The van der Waals surface area contributed by atoms with E-state index in [1.165, 1.54) is 18.6 Å². The number of hydrogen-bond acceptors (Lipinski definition) is 5. The first-order valence-electron chi connectivity index (χ1n) is 14.8. The fourth-order valence-electron chi connectivity index (χ4n) is 6.75. The third-order valence-electron chi connectivity index (χ3n) is 9.08.